The van der Waals surface area contributed by atoms with Crippen LogP contribution in [0.5, 0.6) is 11.5 Å². The van der Waals surface area contributed by atoms with Crippen molar-refractivity contribution in [2.24, 2.45) is 0 Å². The highest BCUT2D eigenvalue weighted by molar-refractivity contribution is 5.55. The van der Waals surface area contributed by atoms with E-state index in [0.717, 1.165) is 30.3 Å². The Morgan fingerprint density at radius 1 is 1.24 bits per heavy atom. The summed E-state index contributed by atoms with van der Waals surface area (Å²) in [6, 6.07) is 6.43. The molecular formula is C13H20N2O2. The van der Waals surface area contributed by atoms with Gasteiger partial charge in [0.25, 0.3) is 0 Å². The first-order chi connectivity index (χ1) is 8.33. The van der Waals surface area contributed by atoms with Crippen LogP contribution in [0.3, 0.4) is 0 Å². The summed E-state index contributed by atoms with van der Waals surface area (Å²) in [6.45, 7) is 2.15. The molecule has 1 heterocycles. The minimum atomic E-state index is 0.502. The fourth-order valence-corrected chi connectivity index (χ4v) is 2.14. The molecular weight excluding hydrogens is 216 g/mol. The maximum Gasteiger partial charge on any atom is 0.162 e. The Bertz CT molecular complexity index is 362. The highest BCUT2D eigenvalue weighted by Gasteiger charge is 2.13. The summed E-state index contributed by atoms with van der Waals surface area (Å²) in [7, 11) is 3.31. The summed E-state index contributed by atoms with van der Waals surface area (Å²) < 4.78 is 10.5. The third-order valence-corrected chi connectivity index (χ3v) is 3.05. The maximum absolute atomic E-state index is 5.29. The van der Waals surface area contributed by atoms with Crippen molar-refractivity contribution in [2.45, 2.75) is 18.9 Å². The van der Waals surface area contributed by atoms with Crippen LogP contribution in [0.25, 0.3) is 0 Å². The number of anilines is 1. The van der Waals surface area contributed by atoms with Crippen molar-refractivity contribution in [3.05, 3.63) is 18.2 Å². The Morgan fingerprint density at radius 2 is 2.06 bits per heavy atom. The molecule has 1 aliphatic heterocycles. The summed E-state index contributed by atoms with van der Waals surface area (Å²) in [5.74, 6) is 1.53. The lowest BCUT2D eigenvalue weighted by molar-refractivity contribution is 0.355. The normalized spacial score (nSPS) is 19.8. The predicted molar refractivity (Wildman–Crippen MR) is 69.1 cm³/mol. The summed E-state index contributed by atoms with van der Waals surface area (Å²) >= 11 is 0. The number of benzene rings is 1. The molecule has 0 saturated carbocycles. The molecule has 1 saturated heterocycles. The fraction of sp³-hybridized carbons (Fsp3) is 0.538. The molecule has 17 heavy (non-hydrogen) atoms. The number of nitrogens with one attached hydrogen (secondary N) is 2. The lowest BCUT2D eigenvalue weighted by Crippen LogP contribution is -2.38. The van der Waals surface area contributed by atoms with Crippen LogP contribution in [-0.4, -0.2) is 33.4 Å². The van der Waals surface area contributed by atoms with Crippen LogP contribution in [0.2, 0.25) is 0 Å². The van der Waals surface area contributed by atoms with Gasteiger partial charge in [-0.25, -0.2) is 0 Å². The highest BCUT2D eigenvalue weighted by Crippen LogP contribution is 2.30. The maximum atomic E-state index is 5.29. The summed E-state index contributed by atoms with van der Waals surface area (Å²) in [4.78, 5) is 0. The molecule has 2 rings (SSSR count). The smallest absolute Gasteiger partial charge is 0.162 e. The van der Waals surface area contributed by atoms with Crippen LogP contribution in [0, 0.1) is 0 Å². The lowest BCUT2D eigenvalue weighted by Gasteiger charge is -2.25. The standard InChI is InChI=1S/C13H20N2O2/c1-16-12-6-5-10(8-13(12)17-2)15-11-4-3-7-14-9-11/h5-6,8,11,14-15H,3-4,7,9H2,1-2H3. The Kier molecular flexibility index (Phi) is 4.09. The third kappa shape index (κ3) is 3.03. The van der Waals surface area contributed by atoms with Crippen molar-refractivity contribution in [3.8, 4) is 11.5 Å². The second kappa shape index (κ2) is 5.77. The van der Waals surface area contributed by atoms with Gasteiger partial charge in [0.15, 0.2) is 11.5 Å². The number of ether oxygens (including phenoxy) is 2. The van der Waals surface area contributed by atoms with Crippen LogP contribution in [0.1, 0.15) is 12.8 Å². The van der Waals surface area contributed by atoms with Gasteiger partial charge in [0.1, 0.15) is 0 Å². The topological polar surface area (TPSA) is 42.5 Å². The van der Waals surface area contributed by atoms with E-state index in [1.807, 2.05) is 18.2 Å². The quantitative estimate of drug-likeness (QED) is 0.837. The third-order valence-electron chi connectivity index (χ3n) is 3.05. The molecule has 1 aromatic rings. The second-order valence-corrected chi connectivity index (χ2v) is 4.26. The molecule has 1 unspecified atom stereocenters. The fourth-order valence-electron chi connectivity index (χ4n) is 2.14. The first-order valence-electron chi connectivity index (χ1n) is 6.03. The van der Waals surface area contributed by atoms with Gasteiger partial charge in [0, 0.05) is 24.3 Å². The Hall–Kier alpha value is -1.42. The Labute approximate surface area is 102 Å². The summed E-state index contributed by atoms with van der Waals surface area (Å²) in [5.41, 5.74) is 1.08. The molecule has 1 fully saturated rings. The molecule has 0 amide bonds. The lowest BCUT2D eigenvalue weighted by atomic mass is 10.1. The van der Waals surface area contributed by atoms with E-state index in [9.17, 15) is 0 Å². The molecule has 94 valence electrons. The Morgan fingerprint density at radius 3 is 2.71 bits per heavy atom. The van der Waals surface area contributed by atoms with E-state index < -0.39 is 0 Å². The van der Waals surface area contributed by atoms with Crippen molar-refractivity contribution in [1.29, 1.82) is 0 Å². The van der Waals surface area contributed by atoms with Gasteiger partial charge < -0.3 is 20.1 Å². The van der Waals surface area contributed by atoms with Crippen molar-refractivity contribution < 1.29 is 9.47 Å². The van der Waals surface area contributed by atoms with E-state index >= 15 is 0 Å². The second-order valence-electron chi connectivity index (χ2n) is 4.26. The van der Waals surface area contributed by atoms with Crippen molar-refractivity contribution in [2.75, 3.05) is 32.6 Å². The van der Waals surface area contributed by atoms with Gasteiger partial charge >= 0.3 is 0 Å². The van der Waals surface area contributed by atoms with Crippen LogP contribution < -0.4 is 20.1 Å². The first kappa shape index (κ1) is 12.0. The monoisotopic (exact) mass is 236 g/mol. The van der Waals surface area contributed by atoms with E-state index in [0.29, 0.717) is 6.04 Å². The molecule has 0 bridgehead atoms. The van der Waals surface area contributed by atoms with Crippen LogP contribution >= 0.6 is 0 Å². The van der Waals surface area contributed by atoms with Gasteiger partial charge in [-0.1, -0.05) is 0 Å². The van der Waals surface area contributed by atoms with Crippen molar-refractivity contribution in [3.63, 3.8) is 0 Å². The minimum absolute atomic E-state index is 0.502. The number of piperidine rings is 1. The van der Waals surface area contributed by atoms with Crippen molar-refractivity contribution >= 4 is 5.69 Å². The minimum Gasteiger partial charge on any atom is -0.493 e. The zero-order chi connectivity index (χ0) is 12.1. The highest BCUT2D eigenvalue weighted by atomic mass is 16.5. The SMILES string of the molecule is COc1ccc(NC2CCCNC2)cc1OC. The van der Waals surface area contributed by atoms with E-state index in [1.165, 1.54) is 12.8 Å². The molecule has 0 spiro atoms. The molecule has 2 N–H and O–H groups in total. The van der Waals surface area contributed by atoms with E-state index in [2.05, 4.69) is 10.6 Å². The molecule has 0 aliphatic carbocycles. The Balaban J connectivity index is 2.05. The average Bonchev–Trinajstić information content (AvgIpc) is 2.40. The van der Waals surface area contributed by atoms with E-state index in [4.69, 9.17) is 9.47 Å². The molecule has 1 atom stereocenters. The number of methoxy groups -OCH3 is 2. The summed E-state index contributed by atoms with van der Waals surface area (Å²) in [6.07, 6.45) is 2.44. The van der Waals surface area contributed by atoms with Gasteiger partial charge in [-0.2, -0.15) is 0 Å². The van der Waals surface area contributed by atoms with E-state index in [1.54, 1.807) is 14.2 Å². The van der Waals surface area contributed by atoms with E-state index in [-0.39, 0.29) is 0 Å². The first-order valence-corrected chi connectivity index (χ1v) is 6.03. The van der Waals surface area contributed by atoms with Gasteiger partial charge in [-0.15, -0.1) is 0 Å². The number of hydrogen-bond acceptors (Lipinski definition) is 4. The van der Waals surface area contributed by atoms with Gasteiger partial charge in [0.2, 0.25) is 0 Å². The van der Waals surface area contributed by atoms with Gasteiger partial charge in [0.05, 0.1) is 14.2 Å². The average molecular weight is 236 g/mol. The predicted octanol–water partition coefficient (Wildman–Crippen LogP) is 1.87. The zero-order valence-electron chi connectivity index (χ0n) is 10.5. The number of rotatable bonds is 4. The van der Waals surface area contributed by atoms with Crippen LogP contribution in [0.15, 0.2) is 18.2 Å². The van der Waals surface area contributed by atoms with Gasteiger partial charge in [-0.05, 0) is 31.5 Å². The molecule has 1 aliphatic rings. The number of hydrogen-bond donors (Lipinski definition) is 2. The molecule has 0 aromatic heterocycles. The van der Waals surface area contributed by atoms with Crippen LogP contribution in [-0.2, 0) is 0 Å². The molecule has 4 heteroatoms. The van der Waals surface area contributed by atoms with Crippen molar-refractivity contribution in [1.82, 2.24) is 5.32 Å². The molecule has 0 radical (unpaired) electrons. The van der Waals surface area contributed by atoms with Crippen LogP contribution in [0.4, 0.5) is 5.69 Å². The van der Waals surface area contributed by atoms with Gasteiger partial charge in [-0.3, -0.25) is 0 Å². The zero-order valence-corrected chi connectivity index (χ0v) is 10.5. The molecule has 4 nitrogen and oxygen atoms in total. The summed E-state index contributed by atoms with van der Waals surface area (Å²) in [5, 5.41) is 6.90. The largest absolute Gasteiger partial charge is 0.493 e. The molecule has 1 aromatic carbocycles.